The lowest BCUT2D eigenvalue weighted by molar-refractivity contribution is -0.184. The molecule has 0 saturated carbocycles. The van der Waals surface area contributed by atoms with Crippen molar-refractivity contribution in [3.05, 3.63) is 102 Å². The van der Waals surface area contributed by atoms with Gasteiger partial charge in [0.05, 0.1) is 10.9 Å². The van der Waals surface area contributed by atoms with Gasteiger partial charge >= 0.3 is 6.03 Å². The number of nitrogens with one attached hydrogen (secondary N) is 1. The lowest BCUT2D eigenvalue weighted by Gasteiger charge is -2.50. The van der Waals surface area contributed by atoms with Gasteiger partial charge in [-0.2, -0.15) is 10.0 Å². The number of nitrogens with zero attached hydrogens (tertiary/aromatic N) is 2. The molecule has 1 saturated heterocycles. The molecule has 7 nitrogen and oxygen atoms in total. The highest BCUT2D eigenvalue weighted by molar-refractivity contribution is 7.90. The lowest BCUT2D eigenvalue weighted by Crippen LogP contribution is -2.71. The molecule has 1 fully saturated rings. The van der Waals surface area contributed by atoms with Crippen LogP contribution in [0.15, 0.2) is 89.8 Å². The van der Waals surface area contributed by atoms with E-state index in [9.17, 15) is 18.0 Å². The van der Waals surface area contributed by atoms with E-state index in [-0.39, 0.29) is 4.90 Å². The molecule has 1 heterocycles. The van der Waals surface area contributed by atoms with Crippen LogP contribution in [-0.2, 0) is 14.8 Å². The molecule has 164 valence electrons. The predicted molar refractivity (Wildman–Crippen MR) is 120 cm³/mol. The zero-order valence-corrected chi connectivity index (χ0v) is 18.5. The van der Waals surface area contributed by atoms with E-state index < -0.39 is 34.0 Å². The first-order valence-electron chi connectivity index (χ1n) is 10.1. The van der Waals surface area contributed by atoms with Gasteiger partial charge in [-0.05, 0) is 37.1 Å². The molecule has 32 heavy (non-hydrogen) atoms. The lowest BCUT2D eigenvalue weighted by atomic mass is 9.95. The van der Waals surface area contributed by atoms with Gasteiger partial charge in [0.25, 0.3) is 15.9 Å². The van der Waals surface area contributed by atoms with Crippen LogP contribution in [0.1, 0.15) is 29.7 Å². The predicted octanol–water partition coefficient (Wildman–Crippen LogP) is 3.63. The molecule has 4 rings (SSSR count). The molecule has 3 amide bonds. The van der Waals surface area contributed by atoms with E-state index in [1.807, 2.05) is 72.3 Å². The third-order valence-electron chi connectivity index (χ3n) is 5.43. The van der Waals surface area contributed by atoms with E-state index in [0.29, 0.717) is 0 Å². The average Bonchev–Trinajstić information content (AvgIpc) is 2.79. The quantitative estimate of drug-likeness (QED) is 0.643. The van der Waals surface area contributed by atoms with Crippen LogP contribution in [-0.4, -0.2) is 36.4 Å². The summed E-state index contributed by atoms with van der Waals surface area (Å²) < 4.78 is 27.5. The first kappa shape index (κ1) is 21.7. The fraction of sp³-hybridized carbons (Fsp3) is 0.167. The molecule has 1 aliphatic heterocycles. The first-order valence-corrected chi connectivity index (χ1v) is 11.6. The Bertz CT molecular complexity index is 1190. The van der Waals surface area contributed by atoms with E-state index in [1.54, 1.807) is 24.1 Å². The van der Waals surface area contributed by atoms with Crippen LogP contribution in [0.4, 0.5) is 4.79 Å². The maximum atomic E-state index is 13.0. The van der Waals surface area contributed by atoms with E-state index in [4.69, 9.17) is 0 Å². The number of aryl methyl sites for hydroxylation is 1. The Morgan fingerprint density at radius 3 is 1.88 bits per heavy atom. The van der Waals surface area contributed by atoms with Crippen molar-refractivity contribution >= 4 is 22.0 Å². The molecule has 1 N–H and O–H groups in total. The number of amides is 3. The van der Waals surface area contributed by atoms with Gasteiger partial charge < -0.3 is 0 Å². The minimum Gasteiger partial charge on any atom is -0.271 e. The standard InChI is InChI=1S/C24H23N3O4S/c1-17-13-15-21(16-14-17)32(30,31)25-24(29)27-23(28)18(2)26(27)22(19-9-5-3-6-10-19)20-11-7-4-8-12-20/h3-16,18,22H,1-2H3,(H,25,29). The van der Waals surface area contributed by atoms with E-state index >= 15 is 0 Å². The Kier molecular flexibility index (Phi) is 5.82. The molecule has 1 aliphatic rings. The van der Waals surface area contributed by atoms with Crippen LogP contribution in [0, 0.1) is 6.92 Å². The van der Waals surface area contributed by atoms with Crippen molar-refractivity contribution in [2.45, 2.75) is 30.8 Å². The minimum absolute atomic E-state index is 0.0494. The van der Waals surface area contributed by atoms with Gasteiger partial charge in [0.1, 0.15) is 6.04 Å². The molecule has 0 bridgehead atoms. The SMILES string of the molecule is Cc1ccc(S(=O)(=O)NC(=O)N2C(=O)C(C)N2C(c2ccccc2)c2ccccc2)cc1. The maximum Gasteiger partial charge on any atom is 0.353 e. The normalized spacial score (nSPS) is 16.7. The molecule has 0 aromatic heterocycles. The molecule has 1 atom stereocenters. The third kappa shape index (κ3) is 4.02. The number of imide groups is 1. The summed E-state index contributed by atoms with van der Waals surface area (Å²) in [5.41, 5.74) is 2.64. The van der Waals surface area contributed by atoms with Crippen molar-refractivity contribution in [2.24, 2.45) is 0 Å². The average molecular weight is 450 g/mol. The molecule has 1 unspecified atom stereocenters. The zero-order chi connectivity index (χ0) is 22.9. The maximum absolute atomic E-state index is 13.0. The Morgan fingerprint density at radius 2 is 1.38 bits per heavy atom. The second-order valence-electron chi connectivity index (χ2n) is 7.65. The minimum atomic E-state index is -4.14. The van der Waals surface area contributed by atoms with Crippen LogP contribution >= 0.6 is 0 Å². The monoisotopic (exact) mass is 449 g/mol. The molecule has 0 spiro atoms. The van der Waals surface area contributed by atoms with E-state index in [0.717, 1.165) is 21.7 Å². The van der Waals surface area contributed by atoms with Gasteiger partial charge in [0, 0.05) is 0 Å². The van der Waals surface area contributed by atoms with Gasteiger partial charge in [-0.15, -0.1) is 0 Å². The molecule has 3 aromatic carbocycles. The number of sulfonamides is 1. The molecule has 0 radical (unpaired) electrons. The fourth-order valence-corrected chi connectivity index (χ4v) is 4.70. The summed E-state index contributed by atoms with van der Waals surface area (Å²) in [5.74, 6) is -0.474. The van der Waals surface area contributed by atoms with Crippen LogP contribution in [0.3, 0.4) is 0 Å². The van der Waals surface area contributed by atoms with Crippen molar-refractivity contribution in [1.82, 2.24) is 14.7 Å². The third-order valence-corrected chi connectivity index (χ3v) is 6.77. The topological polar surface area (TPSA) is 86.8 Å². The van der Waals surface area contributed by atoms with Gasteiger partial charge in [0.2, 0.25) is 0 Å². The number of benzene rings is 3. The van der Waals surface area contributed by atoms with E-state index in [2.05, 4.69) is 0 Å². The van der Waals surface area contributed by atoms with Gasteiger partial charge in [-0.3, -0.25) is 4.79 Å². The molecule has 8 heteroatoms. The number of carbonyl (C=O) groups excluding carboxylic acids is 2. The molecule has 3 aromatic rings. The summed E-state index contributed by atoms with van der Waals surface area (Å²) >= 11 is 0. The number of hydrogen-bond donors (Lipinski definition) is 1. The number of urea groups is 1. The summed E-state index contributed by atoms with van der Waals surface area (Å²) in [5, 5.41) is 2.48. The highest BCUT2D eigenvalue weighted by Crippen LogP contribution is 2.37. The highest BCUT2D eigenvalue weighted by Gasteiger charge is 2.51. The fourth-order valence-electron chi connectivity index (χ4n) is 3.77. The zero-order valence-electron chi connectivity index (χ0n) is 17.7. The van der Waals surface area contributed by atoms with Crippen LogP contribution in [0.25, 0.3) is 0 Å². The largest absolute Gasteiger partial charge is 0.353 e. The number of rotatable bonds is 5. The smallest absolute Gasteiger partial charge is 0.271 e. The number of hydrogen-bond acceptors (Lipinski definition) is 5. The van der Waals surface area contributed by atoms with Crippen molar-refractivity contribution in [3.63, 3.8) is 0 Å². The van der Waals surface area contributed by atoms with Crippen molar-refractivity contribution in [3.8, 4) is 0 Å². The Balaban J connectivity index is 1.67. The van der Waals surface area contributed by atoms with Gasteiger partial charge in [-0.1, -0.05) is 78.4 Å². The van der Waals surface area contributed by atoms with Crippen LogP contribution < -0.4 is 4.72 Å². The first-order chi connectivity index (χ1) is 15.3. The second kappa shape index (κ2) is 8.57. The molecule has 0 aliphatic carbocycles. The summed E-state index contributed by atoms with van der Waals surface area (Å²) in [6.07, 6.45) is 0. The van der Waals surface area contributed by atoms with Gasteiger partial charge in [-0.25, -0.2) is 17.9 Å². The highest BCUT2D eigenvalue weighted by atomic mass is 32.2. The van der Waals surface area contributed by atoms with Crippen molar-refractivity contribution in [1.29, 1.82) is 0 Å². The van der Waals surface area contributed by atoms with Gasteiger partial charge in [0.15, 0.2) is 0 Å². The molecular formula is C24H23N3O4S. The Hall–Kier alpha value is -3.49. The number of carbonyl (C=O) groups is 2. The summed E-state index contributed by atoms with van der Waals surface area (Å²) in [6, 6.07) is 23.0. The summed E-state index contributed by atoms with van der Waals surface area (Å²) in [4.78, 5) is 25.6. The van der Waals surface area contributed by atoms with Crippen LogP contribution in [0.2, 0.25) is 0 Å². The van der Waals surface area contributed by atoms with Crippen LogP contribution in [0.5, 0.6) is 0 Å². The van der Waals surface area contributed by atoms with Crippen molar-refractivity contribution < 1.29 is 18.0 Å². The second-order valence-corrected chi connectivity index (χ2v) is 9.34. The van der Waals surface area contributed by atoms with E-state index in [1.165, 1.54) is 12.1 Å². The summed E-state index contributed by atoms with van der Waals surface area (Å²) in [6.45, 7) is 3.53. The summed E-state index contributed by atoms with van der Waals surface area (Å²) in [7, 11) is -4.14. The molecular weight excluding hydrogens is 426 g/mol. The van der Waals surface area contributed by atoms with Crippen molar-refractivity contribution in [2.75, 3.05) is 0 Å². The Labute approximate surface area is 187 Å². The number of hydrazine groups is 1. The Morgan fingerprint density at radius 1 is 0.875 bits per heavy atom.